The van der Waals surface area contributed by atoms with Gasteiger partial charge in [-0.15, -0.1) is 0 Å². The summed E-state index contributed by atoms with van der Waals surface area (Å²) in [7, 11) is 0. The third-order valence-electron chi connectivity index (χ3n) is 7.39. The molecule has 1 nitrogen and oxygen atoms in total. The SMILES string of the molecule is [2H]c1c([2H])c(-c2c([2H])c([2H])c3c([2H])c(-c4c([2H])c([2H])c5c([2H])c([2H])c6c([2H])c([2H])c([2H])c7c([2H])c([2H])c4c5c67)c([2H])c([2H])c3c2[2H])c([2H])c2c1Oc1c([2H])c([2H])c([2H])c3c([2H])c([2H])c([2H])c-2c13. The summed E-state index contributed by atoms with van der Waals surface area (Å²) in [5.74, 6) is -1.06. The van der Waals surface area contributed by atoms with Crippen LogP contribution in [0.2, 0.25) is 0 Å². The highest BCUT2D eigenvalue weighted by Crippen LogP contribution is 2.47. The van der Waals surface area contributed by atoms with Crippen LogP contribution in [0.4, 0.5) is 0 Å². The van der Waals surface area contributed by atoms with Crippen molar-refractivity contribution in [2.24, 2.45) is 0 Å². The van der Waals surface area contributed by atoms with Gasteiger partial charge in [0.05, 0.1) is 32.9 Å². The Balaban J connectivity index is 1.33. The first-order valence-corrected chi connectivity index (χ1v) is 12.9. The van der Waals surface area contributed by atoms with E-state index < -0.39 is 206 Å². The Kier molecular flexibility index (Phi) is 1.96. The predicted octanol–water partition coefficient (Wildman–Crippen LogP) is 12.0. The van der Waals surface area contributed by atoms with Crippen molar-refractivity contribution < 1.29 is 37.6 Å². The lowest BCUT2D eigenvalue weighted by Crippen LogP contribution is -1.97. The van der Waals surface area contributed by atoms with Gasteiger partial charge < -0.3 is 4.74 Å². The van der Waals surface area contributed by atoms with Crippen LogP contribution in [-0.2, 0) is 0 Å². The summed E-state index contributed by atoms with van der Waals surface area (Å²) in [5, 5.41) is -3.96. The van der Waals surface area contributed by atoms with E-state index >= 15 is 0 Å². The summed E-state index contributed by atoms with van der Waals surface area (Å²) in [6.07, 6.45) is 0. The zero-order chi connectivity index (χ0) is 49.0. The van der Waals surface area contributed by atoms with Crippen LogP contribution in [0.5, 0.6) is 11.5 Å². The van der Waals surface area contributed by atoms with Crippen LogP contribution in [0.3, 0.4) is 0 Å². The fraction of sp³-hybridized carbons (Fsp3) is 0. The fourth-order valence-electron chi connectivity index (χ4n) is 5.45. The molecular formula is C42H24O. The van der Waals surface area contributed by atoms with Crippen LogP contribution in [-0.4, -0.2) is 0 Å². The lowest BCUT2D eigenvalue weighted by atomic mass is 9.89. The first-order valence-electron chi connectivity index (χ1n) is 24.9. The molecule has 0 saturated heterocycles. The van der Waals surface area contributed by atoms with Gasteiger partial charge in [0.25, 0.3) is 0 Å². The number of fused-ring (bicyclic) bond motifs is 3. The van der Waals surface area contributed by atoms with Gasteiger partial charge in [0.1, 0.15) is 11.5 Å². The van der Waals surface area contributed by atoms with E-state index in [1.807, 2.05) is 0 Å². The molecule has 0 amide bonds. The molecule has 0 aromatic heterocycles. The number of benzene rings is 9. The fourth-order valence-corrected chi connectivity index (χ4v) is 5.45. The van der Waals surface area contributed by atoms with Crippen molar-refractivity contribution in [3.8, 4) is 44.9 Å². The third-order valence-corrected chi connectivity index (χ3v) is 7.39. The Morgan fingerprint density at radius 1 is 0.349 bits per heavy atom. The summed E-state index contributed by atoms with van der Waals surface area (Å²) in [4.78, 5) is 0. The second kappa shape index (κ2) is 8.44. The molecule has 0 fully saturated rings. The van der Waals surface area contributed by atoms with Crippen molar-refractivity contribution in [3.05, 3.63) is 145 Å². The number of rotatable bonds is 2. The van der Waals surface area contributed by atoms with Gasteiger partial charge in [-0.25, -0.2) is 0 Å². The second-order valence-corrected chi connectivity index (χ2v) is 9.76. The molecule has 0 unspecified atom stereocenters. The normalized spacial score (nSPS) is 20.2. The Morgan fingerprint density at radius 3 is 1.77 bits per heavy atom. The van der Waals surface area contributed by atoms with Crippen molar-refractivity contribution in [3.63, 3.8) is 0 Å². The lowest BCUT2D eigenvalue weighted by Gasteiger charge is -2.22. The zero-order valence-corrected chi connectivity index (χ0v) is 21.4. The second-order valence-electron chi connectivity index (χ2n) is 9.76. The topological polar surface area (TPSA) is 9.23 Å². The maximum atomic E-state index is 9.50. The van der Waals surface area contributed by atoms with E-state index in [0.717, 1.165) is 0 Å². The van der Waals surface area contributed by atoms with Crippen molar-refractivity contribution in [2.45, 2.75) is 0 Å². The minimum atomic E-state index is -0.941. The molecule has 43 heavy (non-hydrogen) atoms. The first-order chi connectivity index (χ1) is 31.3. The molecule has 10 rings (SSSR count). The van der Waals surface area contributed by atoms with Crippen molar-refractivity contribution in [1.29, 1.82) is 0 Å². The molecule has 0 saturated carbocycles. The van der Waals surface area contributed by atoms with E-state index in [0.29, 0.717) is 0 Å². The molecule has 9 aromatic rings. The zero-order valence-electron chi connectivity index (χ0n) is 45.4. The van der Waals surface area contributed by atoms with Gasteiger partial charge in [0, 0.05) is 10.9 Å². The van der Waals surface area contributed by atoms with Gasteiger partial charge in [-0.2, -0.15) is 0 Å². The van der Waals surface area contributed by atoms with E-state index in [-0.39, 0.29) is 37.9 Å². The standard InChI is InChI=1S/C42H24O/c1-4-26-10-11-28-16-19-34(36-20-17-27(5-1)40(26)42(28)36)33-15-14-29-22-30(12-13-31(29)23-33)32-18-21-38-37(24-32)35-8-2-6-25-7-3-9-39(43-38)41(25)35/h1-24H/i1D,2D,3D,4D,5D,6D,7D,8D,9D,10D,11D,12D,13D,14D,15D,16D,17D,18D,19D,20D,21D,22D,23D,24D. The third kappa shape index (κ3) is 3.28. The molecule has 9 aromatic carbocycles. The largest absolute Gasteiger partial charge is 0.456 e. The van der Waals surface area contributed by atoms with Crippen molar-refractivity contribution in [1.82, 2.24) is 0 Å². The van der Waals surface area contributed by atoms with Crippen molar-refractivity contribution in [2.75, 3.05) is 0 Å². The maximum Gasteiger partial charge on any atom is 0.135 e. The van der Waals surface area contributed by atoms with Gasteiger partial charge in [-0.1, -0.05) is 115 Å². The summed E-state index contributed by atoms with van der Waals surface area (Å²) in [6, 6.07) is -18.5. The van der Waals surface area contributed by atoms with Crippen molar-refractivity contribution >= 4 is 53.9 Å². The quantitative estimate of drug-likeness (QED) is 0.188. The monoisotopic (exact) mass is 568 g/mol. The highest BCUT2D eigenvalue weighted by atomic mass is 16.5. The Morgan fingerprint density at radius 2 is 0.930 bits per heavy atom. The van der Waals surface area contributed by atoms with Crippen LogP contribution in [0.15, 0.2) is 145 Å². The van der Waals surface area contributed by atoms with Gasteiger partial charge in [-0.3, -0.25) is 0 Å². The molecule has 0 spiro atoms. The Labute approximate surface area is 282 Å². The van der Waals surface area contributed by atoms with Crippen LogP contribution in [0.1, 0.15) is 32.9 Å². The van der Waals surface area contributed by atoms with E-state index in [4.69, 9.17) is 25.3 Å². The van der Waals surface area contributed by atoms with Crippen LogP contribution >= 0.6 is 0 Å². The van der Waals surface area contributed by atoms with E-state index in [1.54, 1.807) is 0 Å². The number of hydrogen-bond donors (Lipinski definition) is 0. The summed E-state index contributed by atoms with van der Waals surface area (Å²) in [5.41, 5.74) is -3.50. The maximum absolute atomic E-state index is 9.50. The molecule has 198 valence electrons. The van der Waals surface area contributed by atoms with Crippen LogP contribution in [0, 0.1) is 0 Å². The van der Waals surface area contributed by atoms with Crippen LogP contribution in [0.25, 0.3) is 87.2 Å². The molecule has 1 heteroatoms. The molecule has 0 bridgehead atoms. The minimum absolute atomic E-state index is 0.218. The van der Waals surface area contributed by atoms with Gasteiger partial charge in [-0.05, 0) is 107 Å². The molecule has 0 aliphatic carbocycles. The average molecular weight is 569 g/mol. The molecule has 0 radical (unpaired) electrons. The Hall–Kier alpha value is -5.66. The first kappa shape index (κ1) is 9.97. The number of ether oxygens (including phenoxy) is 1. The predicted molar refractivity (Wildman–Crippen MR) is 182 cm³/mol. The van der Waals surface area contributed by atoms with Gasteiger partial charge in [0.15, 0.2) is 0 Å². The van der Waals surface area contributed by atoms with Gasteiger partial charge >= 0.3 is 0 Å². The molecular weight excluding hydrogens is 520 g/mol. The molecule has 1 heterocycles. The van der Waals surface area contributed by atoms with E-state index in [1.165, 1.54) is 0 Å². The summed E-state index contributed by atoms with van der Waals surface area (Å²) < 4.78 is 221. The lowest BCUT2D eigenvalue weighted by molar-refractivity contribution is 0.487. The summed E-state index contributed by atoms with van der Waals surface area (Å²) >= 11 is 0. The smallest absolute Gasteiger partial charge is 0.135 e. The van der Waals surface area contributed by atoms with Gasteiger partial charge in [0.2, 0.25) is 0 Å². The molecule has 1 aliphatic heterocycles. The molecule has 0 N–H and O–H groups in total. The Bertz CT molecular complexity index is 3900. The highest BCUT2D eigenvalue weighted by Gasteiger charge is 2.20. The van der Waals surface area contributed by atoms with E-state index in [9.17, 15) is 12.3 Å². The molecule has 0 atom stereocenters. The molecule has 1 aliphatic rings. The average Bonchev–Trinajstić information content (AvgIpc) is 3.28. The summed E-state index contributed by atoms with van der Waals surface area (Å²) in [6.45, 7) is 0. The number of hydrogen-bond acceptors (Lipinski definition) is 1. The van der Waals surface area contributed by atoms with E-state index in [2.05, 4.69) is 0 Å². The highest BCUT2D eigenvalue weighted by molar-refractivity contribution is 6.25. The van der Waals surface area contributed by atoms with Crippen LogP contribution < -0.4 is 4.74 Å². The minimum Gasteiger partial charge on any atom is -0.456 e.